The molecule has 5 heteroatoms. The highest BCUT2D eigenvalue weighted by molar-refractivity contribution is 5.45. The molecule has 1 N–H and O–H groups in total. The topological polar surface area (TPSA) is 60.2 Å². The number of hydrogen-bond donors (Lipinski definition) is 1. The molecule has 110 valence electrons. The smallest absolute Gasteiger partial charge is 0.165 e. The second-order valence-electron chi connectivity index (χ2n) is 4.77. The van der Waals surface area contributed by atoms with Crippen LogP contribution in [0.4, 0.5) is 0 Å². The molecule has 0 amide bonds. The van der Waals surface area contributed by atoms with E-state index in [1.807, 2.05) is 42.8 Å². The van der Waals surface area contributed by atoms with Crippen molar-refractivity contribution in [1.29, 1.82) is 0 Å². The zero-order chi connectivity index (χ0) is 15.1. The van der Waals surface area contributed by atoms with Crippen LogP contribution in [0.15, 0.2) is 30.6 Å². The zero-order valence-corrected chi connectivity index (χ0v) is 12.3. The number of hydrogen-bond acceptors (Lipinski definition) is 4. The maximum Gasteiger partial charge on any atom is 0.165 e. The van der Waals surface area contributed by atoms with E-state index in [2.05, 4.69) is 21.9 Å². The van der Waals surface area contributed by atoms with Crippen molar-refractivity contribution in [3.05, 3.63) is 42.0 Å². The summed E-state index contributed by atoms with van der Waals surface area (Å²) in [7, 11) is 0. The molecule has 1 aromatic heterocycles. The largest absolute Gasteiger partial charge is 0.484 e. The lowest BCUT2D eigenvalue weighted by molar-refractivity contribution is 0.281. The van der Waals surface area contributed by atoms with Crippen LogP contribution >= 0.6 is 0 Å². The van der Waals surface area contributed by atoms with E-state index in [4.69, 9.17) is 9.84 Å². The van der Waals surface area contributed by atoms with Gasteiger partial charge in [-0.2, -0.15) is 5.10 Å². The van der Waals surface area contributed by atoms with Crippen LogP contribution in [-0.4, -0.2) is 26.5 Å². The number of aromatic nitrogens is 3. The molecular weight excluding hydrogens is 266 g/mol. The molecule has 0 aliphatic rings. The van der Waals surface area contributed by atoms with E-state index in [-0.39, 0.29) is 12.6 Å². The fourth-order valence-corrected chi connectivity index (χ4v) is 1.86. The van der Waals surface area contributed by atoms with E-state index in [1.165, 1.54) is 6.33 Å². The van der Waals surface area contributed by atoms with Crippen LogP contribution in [0.1, 0.15) is 37.7 Å². The van der Waals surface area contributed by atoms with Crippen molar-refractivity contribution in [3.8, 4) is 17.6 Å². The number of aliphatic hydroxyl groups is 1. The van der Waals surface area contributed by atoms with Crippen LogP contribution in [0.5, 0.6) is 5.75 Å². The summed E-state index contributed by atoms with van der Waals surface area (Å²) < 4.78 is 7.65. The maximum atomic E-state index is 8.77. The Bertz CT molecular complexity index is 638. The summed E-state index contributed by atoms with van der Waals surface area (Å²) >= 11 is 0. The van der Waals surface area contributed by atoms with Crippen molar-refractivity contribution >= 4 is 0 Å². The fraction of sp³-hybridized carbons (Fsp3) is 0.375. The molecule has 0 spiro atoms. The Morgan fingerprint density at radius 1 is 1.33 bits per heavy atom. The SMILES string of the molecule is CC(C)n1ncnc1COc1ccccc1C#CCCO. The Balaban J connectivity index is 2.10. The molecule has 0 bridgehead atoms. The van der Waals surface area contributed by atoms with Gasteiger partial charge >= 0.3 is 0 Å². The first-order valence-corrected chi connectivity index (χ1v) is 6.92. The molecule has 0 fully saturated rings. The van der Waals surface area contributed by atoms with E-state index < -0.39 is 0 Å². The Morgan fingerprint density at radius 2 is 2.14 bits per heavy atom. The van der Waals surface area contributed by atoms with Crippen LogP contribution < -0.4 is 4.74 Å². The minimum Gasteiger partial charge on any atom is -0.484 e. The number of benzene rings is 1. The van der Waals surface area contributed by atoms with Gasteiger partial charge in [0.15, 0.2) is 5.82 Å². The molecule has 21 heavy (non-hydrogen) atoms. The minimum absolute atomic E-state index is 0.0630. The van der Waals surface area contributed by atoms with Gasteiger partial charge in [0.05, 0.1) is 12.2 Å². The molecule has 0 saturated heterocycles. The molecular formula is C16H19N3O2. The second-order valence-corrected chi connectivity index (χ2v) is 4.77. The predicted octanol–water partition coefficient (Wildman–Crippen LogP) is 2.17. The summed E-state index contributed by atoms with van der Waals surface area (Å²) in [5, 5.41) is 13.0. The van der Waals surface area contributed by atoms with Gasteiger partial charge in [-0.3, -0.25) is 0 Å². The Hall–Kier alpha value is -2.32. The average Bonchev–Trinajstić information content (AvgIpc) is 2.95. The second kappa shape index (κ2) is 7.46. The molecule has 1 aromatic carbocycles. The molecule has 0 atom stereocenters. The van der Waals surface area contributed by atoms with Crippen molar-refractivity contribution < 1.29 is 9.84 Å². The monoisotopic (exact) mass is 285 g/mol. The van der Waals surface area contributed by atoms with Crippen molar-refractivity contribution in [2.24, 2.45) is 0 Å². The number of ether oxygens (including phenoxy) is 1. The lowest BCUT2D eigenvalue weighted by Gasteiger charge is -2.11. The van der Waals surface area contributed by atoms with Gasteiger partial charge in [-0.25, -0.2) is 9.67 Å². The molecule has 0 aliphatic heterocycles. The molecule has 0 radical (unpaired) electrons. The molecule has 2 rings (SSSR count). The first-order chi connectivity index (χ1) is 10.2. The summed E-state index contributed by atoms with van der Waals surface area (Å²) in [5.41, 5.74) is 0.807. The van der Waals surface area contributed by atoms with Crippen LogP contribution in [0.25, 0.3) is 0 Å². The third-order valence-electron chi connectivity index (χ3n) is 2.84. The highest BCUT2D eigenvalue weighted by Gasteiger charge is 2.09. The summed E-state index contributed by atoms with van der Waals surface area (Å²) in [5.74, 6) is 7.40. The zero-order valence-electron chi connectivity index (χ0n) is 12.3. The number of nitrogens with zero attached hydrogens (tertiary/aromatic N) is 3. The minimum atomic E-state index is 0.0630. The third kappa shape index (κ3) is 4.07. The van der Waals surface area contributed by atoms with Gasteiger partial charge in [-0.05, 0) is 26.0 Å². The summed E-state index contributed by atoms with van der Waals surface area (Å²) in [6, 6.07) is 7.82. The molecule has 5 nitrogen and oxygen atoms in total. The van der Waals surface area contributed by atoms with Crippen LogP contribution in [0, 0.1) is 11.8 Å². The third-order valence-corrected chi connectivity index (χ3v) is 2.84. The highest BCUT2D eigenvalue weighted by Crippen LogP contribution is 2.18. The van der Waals surface area contributed by atoms with E-state index in [0.717, 1.165) is 11.4 Å². The molecule has 0 unspecified atom stereocenters. The predicted molar refractivity (Wildman–Crippen MR) is 79.8 cm³/mol. The van der Waals surface area contributed by atoms with Gasteiger partial charge in [-0.1, -0.05) is 24.0 Å². The van der Waals surface area contributed by atoms with Crippen molar-refractivity contribution in [3.63, 3.8) is 0 Å². The lowest BCUT2D eigenvalue weighted by atomic mass is 10.2. The van der Waals surface area contributed by atoms with E-state index in [0.29, 0.717) is 18.8 Å². The normalized spacial score (nSPS) is 10.3. The Labute approximate surface area is 124 Å². The average molecular weight is 285 g/mol. The Kier molecular flexibility index (Phi) is 5.35. The van der Waals surface area contributed by atoms with Gasteiger partial charge in [0, 0.05) is 12.5 Å². The number of rotatable bonds is 5. The number of aliphatic hydroxyl groups excluding tert-OH is 1. The van der Waals surface area contributed by atoms with Crippen molar-refractivity contribution in [2.75, 3.05) is 6.61 Å². The van der Waals surface area contributed by atoms with E-state index in [1.54, 1.807) is 0 Å². The summed E-state index contributed by atoms with van der Waals surface area (Å²) in [6.07, 6.45) is 1.99. The Morgan fingerprint density at radius 3 is 2.90 bits per heavy atom. The van der Waals surface area contributed by atoms with Gasteiger partial charge in [-0.15, -0.1) is 0 Å². The van der Waals surface area contributed by atoms with Crippen molar-refractivity contribution in [1.82, 2.24) is 14.8 Å². The first kappa shape index (κ1) is 15.1. The van der Waals surface area contributed by atoms with Gasteiger partial charge in [0.1, 0.15) is 18.7 Å². The van der Waals surface area contributed by atoms with Crippen molar-refractivity contribution in [2.45, 2.75) is 32.9 Å². The molecule has 0 saturated carbocycles. The maximum absolute atomic E-state index is 8.77. The van der Waals surface area contributed by atoms with Crippen LogP contribution in [-0.2, 0) is 6.61 Å². The fourth-order valence-electron chi connectivity index (χ4n) is 1.86. The van der Waals surface area contributed by atoms with Gasteiger partial charge in [0.25, 0.3) is 0 Å². The number of para-hydroxylation sites is 1. The van der Waals surface area contributed by atoms with Gasteiger partial charge in [0.2, 0.25) is 0 Å². The van der Waals surface area contributed by atoms with Gasteiger partial charge < -0.3 is 9.84 Å². The van der Waals surface area contributed by atoms with E-state index >= 15 is 0 Å². The molecule has 2 aromatic rings. The standard InChI is InChI=1S/C16H19N3O2/c1-13(2)19-16(17-12-18-19)11-21-15-9-4-3-7-14(15)8-5-6-10-20/h3-4,7,9,12-13,20H,6,10-11H2,1-2H3. The summed E-state index contributed by atoms with van der Waals surface area (Å²) in [6.45, 7) is 4.50. The summed E-state index contributed by atoms with van der Waals surface area (Å²) in [4.78, 5) is 4.22. The van der Waals surface area contributed by atoms with Crippen LogP contribution in [0.2, 0.25) is 0 Å². The van der Waals surface area contributed by atoms with E-state index in [9.17, 15) is 0 Å². The van der Waals surface area contributed by atoms with Crippen LogP contribution in [0.3, 0.4) is 0 Å². The molecule has 1 heterocycles. The highest BCUT2D eigenvalue weighted by atomic mass is 16.5. The molecule has 0 aliphatic carbocycles. The first-order valence-electron chi connectivity index (χ1n) is 6.92. The lowest BCUT2D eigenvalue weighted by Crippen LogP contribution is -2.11. The quantitative estimate of drug-likeness (QED) is 0.855.